The van der Waals surface area contributed by atoms with E-state index < -0.39 is 0 Å². The first-order valence-corrected chi connectivity index (χ1v) is 9.09. The third-order valence-corrected chi connectivity index (χ3v) is 4.65. The molecule has 1 N–H and O–H groups in total. The van der Waals surface area contributed by atoms with E-state index in [1.807, 2.05) is 85.8 Å². The van der Waals surface area contributed by atoms with Crippen molar-refractivity contribution in [3.63, 3.8) is 0 Å². The molecule has 0 saturated heterocycles. The summed E-state index contributed by atoms with van der Waals surface area (Å²) in [6.07, 6.45) is 0. The summed E-state index contributed by atoms with van der Waals surface area (Å²) in [4.78, 5) is 10.4. The molecule has 0 saturated carbocycles. The largest absolute Gasteiger partial charge is 0.436 e. The van der Waals surface area contributed by atoms with Crippen LogP contribution in [-0.2, 0) is 0 Å². The number of nitrogens with zero attached hydrogens (tertiary/aromatic N) is 2. The zero-order valence-corrected chi connectivity index (χ0v) is 15.0. The number of fused-ring (bicyclic) bond motifs is 1. The van der Waals surface area contributed by atoms with E-state index in [4.69, 9.17) is 9.72 Å². The maximum absolute atomic E-state index is 6.09. The van der Waals surface area contributed by atoms with Crippen LogP contribution in [0.2, 0.25) is 0 Å². The van der Waals surface area contributed by atoms with Gasteiger partial charge < -0.3 is 9.46 Å². The highest BCUT2D eigenvalue weighted by atomic mass is 32.2. The molecular formula is C21H17N3OS. The van der Waals surface area contributed by atoms with Crippen molar-refractivity contribution in [2.24, 2.45) is 0 Å². The van der Waals surface area contributed by atoms with Crippen molar-refractivity contribution in [3.8, 4) is 11.6 Å². The number of benzene rings is 3. The van der Waals surface area contributed by atoms with Gasteiger partial charge in [-0.05, 0) is 54.8 Å². The van der Waals surface area contributed by atoms with Crippen molar-refractivity contribution in [3.05, 3.63) is 84.4 Å². The van der Waals surface area contributed by atoms with Crippen molar-refractivity contribution in [1.82, 2.24) is 9.97 Å². The van der Waals surface area contributed by atoms with Crippen LogP contribution >= 0.6 is 11.9 Å². The van der Waals surface area contributed by atoms with Crippen LogP contribution in [0.5, 0.6) is 11.6 Å². The third-order valence-electron chi connectivity index (χ3n) is 3.85. The molecule has 0 unspecified atom stereocenters. The maximum atomic E-state index is 6.09. The number of nitrogens with one attached hydrogen (secondary N) is 1. The number of ether oxygens (including phenoxy) is 1. The number of aromatic nitrogens is 2. The van der Waals surface area contributed by atoms with Gasteiger partial charge in [-0.2, -0.15) is 0 Å². The normalized spacial score (nSPS) is 10.7. The number of hydrogen-bond acceptors (Lipinski definition) is 5. The van der Waals surface area contributed by atoms with Gasteiger partial charge in [0.25, 0.3) is 5.88 Å². The van der Waals surface area contributed by atoms with Crippen molar-refractivity contribution in [2.75, 3.05) is 4.72 Å². The molecule has 5 heteroatoms. The summed E-state index contributed by atoms with van der Waals surface area (Å²) in [5, 5.41) is 0. The van der Waals surface area contributed by atoms with Crippen LogP contribution in [0, 0.1) is 6.92 Å². The summed E-state index contributed by atoms with van der Waals surface area (Å²) >= 11 is 1.48. The fourth-order valence-electron chi connectivity index (χ4n) is 2.49. The Morgan fingerprint density at radius 2 is 1.42 bits per heavy atom. The van der Waals surface area contributed by atoms with Crippen LogP contribution in [0.25, 0.3) is 11.0 Å². The van der Waals surface area contributed by atoms with Gasteiger partial charge >= 0.3 is 0 Å². The molecular weight excluding hydrogens is 342 g/mol. The van der Waals surface area contributed by atoms with E-state index in [0.29, 0.717) is 11.7 Å². The Bertz CT molecular complexity index is 1040. The predicted molar refractivity (Wildman–Crippen MR) is 107 cm³/mol. The van der Waals surface area contributed by atoms with E-state index in [1.54, 1.807) is 0 Å². The molecule has 1 aromatic heterocycles. The Hall–Kier alpha value is -3.05. The van der Waals surface area contributed by atoms with Gasteiger partial charge in [0.15, 0.2) is 0 Å². The summed E-state index contributed by atoms with van der Waals surface area (Å²) in [7, 11) is 0. The van der Waals surface area contributed by atoms with Gasteiger partial charge in [0, 0.05) is 4.90 Å². The number of anilines is 1. The molecule has 0 aliphatic rings. The Morgan fingerprint density at radius 3 is 2.19 bits per heavy atom. The molecule has 0 amide bonds. The van der Waals surface area contributed by atoms with Crippen LogP contribution in [0.4, 0.5) is 5.82 Å². The molecule has 4 rings (SSSR count). The molecule has 0 aliphatic heterocycles. The molecule has 26 heavy (non-hydrogen) atoms. The standard InChI is InChI=1S/C21H17N3OS/c1-15-9-5-8-14-19(15)25-21-20(24-26-16-10-3-2-4-11-16)22-17-12-6-7-13-18(17)23-21/h2-14H,1H3,(H,22,24). The van der Waals surface area contributed by atoms with Crippen LogP contribution in [0.15, 0.2) is 83.8 Å². The van der Waals surface area contributed by atoms with Crippen molar-refractivity contribution in [2.45, 2.75) is 11.8 Å². The number of hydrogen-bond donors (Lipinski definition) is 1. The zero-order chi connectivity index (χ0) is 17.8. The topological polar surface area (TPSA) is 47.0 Å². The molecule has 0 bridgehead atoms. The van der Waals surface area contributed by atoms with E-state index in [2.05, 4.69) is 9.71 Å². The van der Waals surface area contributed by atoms with Crippen molar-refractivity contribution in [1.29, 1.82) is 0 Å². The van der Waals surface area contributed by atoms with Crippen LogP contribution in [-0.4, -0.2) is 9.97 Å². The number of rotatable bonds is 5. The highest BCUT2D eigenvalue weighted by Gasteiger charge is 2.12. The Morgan fingerprint density at radius 1 is 0.769 bits per heavy atom. The Balaban J connectivity index is 1.70. The molecule has 4 aromatic rings. The van der Waals surface area contributed by atoms with Gasteiger partial charge in [-0.1, -0.05) is 48.5 Å². The molecule has 128 valence electrons. The van der Waals surface area contributed by atoms with Gasteiger partial charge in [0.2, 0.25) is 5.82 Å². The van der Waals surface area contributed by atoms with Crippen LogP contribution < -0.4 is 9.46 Å². The first kappa shape index (κ1) is 16.4. The number of para-hydroxylation sites is 3. The molecule has 3 aromatic carbocycles. The molecule has 1 heterocycles. The zero-order valence-electron chi connectivity index (χ0n) is 14.2. The molecule has 4 nitrogen and oxygen atoms in total. The fraction of sp³-hybridized carbons (Fsp3) is 0.0476. The average molecular weight is 359 g/mol. The second-order valence-corrected chi connectivity index (χ2v) is 6.63. The number of aryl methyl sites for hydroxylation is 1. The second-order valence-electron chi connectivity index (χ2n) is 5.75. The SMILES string of the molecule is Cc1ccccc1Oc1nc2ccccc2nc1NSc1ccccc1. The minimum atomic E-state index is 0.460. The van der Waals surface area contributed by atoms with E-state index in [1.165, 1.54) is 11.9 Å². The molecule has 0 spiro atoms. The lowest BCUT2D eigenvalue weighted by atomic mass is 10.2. The van der Waals surface area contributed by atoms with Crippen LogP contribution in [0.3, 0.4) is 0 Å². The molecule has 0 radical (unpaired) electrons. The fourth-order valence-corrected chi connectivity index (χ4v) is 3.13. The second kappa shape index (κ2) is 7.45. The van der Waals surface area contributed by atoms with E-state index in [0.717, 1.165) is 27.2 Å². The summed E-state index contributed by atoms with van der Waals surface area (Å²) in [6, 6.07) is 25.7. The molecule has 0 atom stereocenters. The Labute approximate surface area is 156 Å². The summed E-state index contributed by atoms with van der Waals surface area (Å²) in [6.45, 7) is 2.01. The lowest BCUT2D eigenvalue weighted by molar-refractivity contribution is 0.462. The van der Waals surface area contributed by atoms with E-state index in [-0.39, 0.29) is 0 Å². The van der Waals surface area contributed by atoms with E-state index >= 15 is 0 Å². The van der Waals surface area contributed by atoms with Crippen molar-refractivity contribution >= 4 is 28.8 Å². The smallest absolute Gasteiger partial charge is 0.264 e. The highest BCUT2D eigenvalue weighted by molar-refractivity contribution is 8.00. The highest BCUT2D eigenvalue weighted by Crippen LogP contribution is 2.32. The Kier molecular flexibility index (Phi) is 4.71. The minimum absolute atomic E-state index is 0.460. The minimum Gasteiger partial charge on any atom is -0.436 e. The van der Waals surface area contributed by atoms with Gasteiger partial charge in [-0.3, -0.25) is 0 Å². The van der Waals surface area contributed by atoms with E-state index in [9.17, 15) is 0 Å². The first-order chi connectivity index (χ1) is 12.8. The molecule has 0 aliphatic carbocycles. The van der Waals surface area contributed by atoms with Gasteiger partial charge in [-0.15, -0.1) is 0 Å². The third kappa shape index (κ3) is 3.63. The molecule has 0 fully saturated rings. The quantitative estimate of drug-likeness (QED) is 0.453. The van der Waals surface area contributed by atoms with Crippen LogP contribution in [0.1, 0.15) is 5.56 Å². The van der Waals surface area contributed by atoms with Gasteiger partial charge in [0.1, 0.15) is 5.75 Å². The lowest BCUT2D eigenvalue weighted by Gasteiger charge is -2.13. The summed E-state index contributed by atoms with van der Waals surface area (Å²) in [5.41, 5.74) is 2.66. The lowest BCUT2D eigenvalue weighted by Crippen LogP contribution is -1.99. The van der Waals surface area contributed by atoms with Crippen molar-refractivity contribution < 1.29 is 4.74 Å². The van der Waals surface area contributed by atoms with Gasteiger partial charge in [0.05, 0.1) is 11.0 Å². The average Bonchev–Trinajstić information content (AvgIpc) is 2.69. The monoisotopic (exact) mass is 359 g/mol. The van der Waals surface area contributed by atoms with Gasteiger partial charge in [-0.25, -0.2) is 9.97 Å². The first-order valence-electron chi connectivity index (χ1n) is 8.28. The summed E-state index contributed by atoms with van der Waals surface area (Å²) < 4.78 is 9.37. The summed E-state index contributed by atoms with van der Waals surface area (Å²) in [5.74, 6) is 1.83. The maximum Gasteiger partial charge on any atom is 0.264 e. The predicted octanol–water partition coefficient (Wildman–Crippen LogP) is 5.85.